The third-order valence-electron chi connectivity index (χ3n) is 2.50. The molecule has 2 rings (SSSR count). The molecule has 0 saturated carbocycles. The van der Waals surface area contributed by atoms with Crippen molar-refractivity contribution < 1.29 is 4.79 Å². The molecule has 1 heterocycles. The standard InChI is InChI=1S/C13H11Cl3N2OS/c14-4-3-12(19)18-13-17-7-10(20-13)5-8-1-2-9(15)6-11(8)16/h1-2,6-7H,3-5H2,(H,17,18,19). The van der Waals surface area contributed by atoms with Crippen molar-refractivity contribution in [2.24, 2.45) is 0 Å². The van der Waals surface area contributed by atoms with Crippen LogP contribution in [-0.4, -0.2) is 16.8 Å². The normalized spacial score (nSPS) is 10.6. The lowest BCUT2D eigenvalue weighted by atomic mass is 10.1. The highest BCUT2D eigenvalue weighted by Gasteiger charge is 2.08. The van der Waals surface area contributed by atoms with Crippen LogP contribution in [0.5, 0.6) is 0 Å². The van der Waals surface area contributed by atoms with E-state index in [4.69, 9.17) is 34.8 Å². The van der Waals surface area contributed by atoms with Crippen LogP contribution in [0.15, 0.2) is 24.4 Å². The summed E-state index contributed by atoms with van der Waals surface area (Å²) in [6.45, 7) is 0. The molecule has 1 aromatic carbocycles. The number of thiazole rings is 1. The summed E-state index contributed by atoms with van der Waals surface area (Å²) in [6.07, 6.45) is 2.66. The fraction of sp³-hybridized carbons (Fsp3) is 0.231. The zero-order chi connectivity index (χ0) is 14.5. The quantitative estimate of drug-likeness (QED) is 0.801. The van der Waals surface area contributed by atoms with Gasteiger partial charge in [-0.25, -0.2) is 4.98 Å². The van der Waals surface area contributed by atoms with Crippen LogP contribution in [0.4, 0.5) is 5.13 Å². The number of amides is 1. The predicted molar refractivity (Wildman–Crippen MR) is 85.3 cm³/mol. The first-order valence-electron chi connectivity index (χ1n) is 5.83. The summed E-state index contributed by atoms with van der Waals surface area (Å²) < 4.78 is 0. The van der Waals surface area contributed by atoms with Crippen LogP contribution < -0.4 is 5.32 Å². The smallest absolute Gasteiger partial charge is 0.227 e. The Morgan fingerprint density at radius 2 is 2.15 bits per heavy atom. The van der Waals surface area contributed by atoms with Crippen LogP contribution in [0.1, 0.15) is 16.9 Å². The molecular weight excluding hydrogens is 339 g/mol. The van der Waals surface area contributed by atoms with Gasteiger partial charge in [0, 0.05) is 39.8 Å². The molecule has 3 nitrogen and oxygen atoms in total. The first kappa shape index (κ1) is 15.6. The van der Waals surface area contributed by atoms with E-state index in [1.165, 1.54) is 11.3 Å². The second kappa shape index (κ2) is 7.27. The van der Waals surface area contributed by atoms with Gasteiger partial charge in [-0.3, -0.25) is 4.79 Å². The molecule has 0 saturated heterocycles. The van der Waals surface area contributed by atoms with Gasteiger partial charge >= 0.3 is 0 Å². The Balaban J connectivity index is 2.04. The topological polar surface area (TPSA) is 42.0 Å². The number of alkyl halides is 1. The summed E-state index contributed by atoms with van der Waals surface area (Å²) in [7, 11) is 0. The minimum atomic E-state index is -0.134. The van der Waals surface area contributed by atoms with Gasteiger partial charge in [0.1, 0.15) is 0 Å². The number of rotatable bonds is 5. The maximum atomic E-state index is 11.4. The number of halogens is 3. The van der Waals surface area contributed by atoms with Gasteiger partial charge in [0.25, 0.3) is 0 Å². The molecule has 0 radical (unpaired) electrons. The van der Waals surface area contributed by atoms with Crippen molar-refractivity contribution in [3.05, 3.63) is 44.9 Å². The maximum absolute atomic E-state index is 11.4. The molecule has 0 unspecified atom stereocenters. The van der Waals surface area contributed by atoms with Gasteiger partial charge in [0.2, 0.25) is 5.91 Å². The number of nitrogens with zero attached hydrogens (tertiary/aromatic N) is 1. The number of carbonyl (C=O) groups is 1. The summed E-state index contributed by atoms with van der Waals surface area (Å²) in [5, 5.41) is 4.50. The first-order valence-corrected chi connectivity index (χ1v) is 7.93. The van der Waals surface area contributed by atoms with Crippen LogP contribution in [0, 0.1) is 0 Å². The largest absolute Gasteiger partial charge is 0.302 e. The molecule has 0 aliphatic rings. The van der Waals surface area contributed by atoms with Crippen LogP contribution in [0.25, 0.3) is 0 Å². The zero-order valence-corrected chi connectivity index (χ0v) is 13.4. The SMILES string of the molecule is O=C(CCCl)Nc1ncc(Cc2ccc(Cl)cc2Cl)s1. The van der Waals surface area contributed by atoms with Gasteiger partial charge in [-0.1, -0.05) is 29.3 Å². The number of aromatic nitrogens is 1. The van der Waals surface area contributed by atoms with Crippen molar-refractivity contribution in [3.8, 4) is 0 Å². The summed E-state index contributed by atoms with van der Waals surface area (Å²) in [4.78, 5) is 16.6. The molecular formula is C13H11Cl3N2OS. The zero-order valence-electron chi connectivity index (χ0n) is 10.3. The third kappa shape index (κ3) is 4.35. The van der Waals surface area contributed by atoms with Crippen molar-refractivity contribution in [2.45, 2.75) is 12.8 Å². The van der Waals surface area contributed by atoms with Gasteiger partial charge < -0.3 is 5.32 Å². The third-order valence-corrected chi connectivity index (χ3v) is 4.19. The molecule has 0 aliphatic heterocycles. The molecule has 7 heteroatoms. The van der Waals surface area contributed by atoms with Gasteiger partial charge in [0.05, 0.1) is 0 Å². The highest BCUT2D eigenvalue weighted by molar-refractivity contribution is 7.15. The van der Waals surface area contributed by atoms with Gasteiger partial charge in [0.15, 0.2) is 5.13 Å². The van der Waals surface area contributed by atoms with E-state index in [2.05, 4.69) is 10.3 Å². The molecule has 0 aliphatic carbocycles. The van der Waals surface area contributed by atoms with Gasteiger partial charge in [-0.2, -0.15) is 0 Å². The van der Waals surface area contributed by atoms with Gasteiger partial charge in [-0.05, 0) is 17.7 Å². The average molecular weight is 350 g/mol. The number of hydrogen-bond donors (Lipinski definition) is 1. The fourth-order valence-electron chi connectivity index (χ4n) is 1.57. The molecule has 0 spiro atoms. The number of carbonyl (C=O) groups excluding carboxylic acids is 1. The highest BCUT2D eigenvalue weighted by Crippen LogP contribution is 2.26. The van der Waals surface area contributed by atoms with Crippen molar-refractivity contribution >= 4 is 57.2 Å². The Labute approximate surface area is 135 Å². The van der Waals surface area contributed by atoms with E-state index in [-0.39, 0.29) is 12.3 Å². The van der Waals surface area contributed by atoms with Crippen molar-refractivity contribution in [3.63, 3.8) is 0 Å². The Bertz CT molecular complexity index is 615. The summed E-state index contributed by atoms with van der Waals surface area (Å²) in [5.41, 5.74) is 0.971. The van der Waals surface area contributed by atoms with E-state index in [0.717, 1.165) is 10.4 Å². The first-order chi connectivity index (χ1) is 9.58. The lowest BCUT2D eigenvalue weighted by Crippen LogP contribution is -2.11. The molecule has 0 fully saturated rings. The second-order valence-corrected chi connectivity index (χ2v) is 6.37. The lowest BCUT2D eigenvalue weighted by molar-refractivity contribution is -0.115. The second-order valence-electron chi connectivity index (χ2n) is 4.03. The van der Waals surface area contributed by atoms with Crippen LogP contribution in [-0.2, 0) is 11.2 Å². The van der Waals surface area contributed by atoms with E-state index in [1.54, 1.807) is 18.3 Å². The number of benzene rings is 1. The van der Waals surface area contributed by atoms with Crippen molar-refractivity contribution in [1.29, 1.82) is 0 Å². The Morgan fingerprint density at radius 1 is 1.35 bits per heavy atom. The van der Waals surface area contributed by atoms with E-state index in [0.29, 0.717) is 27.5 Å². The number of nitrogens with one attached hydrogen (secondary N) is 1. The van der Waals surface area contributed by atoms with Crippen LogP contribution in [0.3, 0.4) is 0 Å². The predicted octanol–water partition coefficient (Wildman–Crippen LogP) is 4.61. The molecule has 0 atom stereocenters. The van der Waals surface area contributed by atoms with Crippen LogP contribution in [0.2, 0.25) is 10.0 Å². The van der Waals surface area contributed by atoms with Gasteiger partial charge in [-0.15, -0.1) is 22.9 Å². The average Bonchev–Trinajstić information content (AvgIpc) is 2.80. The number of hydrogen-bond acceptors (Lipinski definition) is 3. The Morgan fingerprint density at radius 3 is 2.85 bits per heavy atom. The minimum absolute atomic E-state index is 0.134. The molecule has 0 bridgehead atoms. The van der Waals surface area contributed by atoms with Crippen molar-refractivity contribution in [2.75, 3.05) is 11.2 Å². The Kier molecular flexibility index (Phi) is 5.66. The van der Waals surface area contributed by atoms with E-state index < -0.39 is 0 Å². The Hall–Kier alpha value is -0.810. The van der Waals surface area contributed by atoms with E-state index in [1.807, 2.05) is 6.07 Å². The van der Waals surface area contributed by atoms with Crippen LogP contribution >= 0.6 is 46.1 Å². The van der Waals surface area contributed by atoms with Crippen molar-refractivity contribution in [1.82, 2.24) is 4.98 Å². The number of anilines is 1. The molecule has 2 aromatic rings. The minimum Gasteiger partial charge on any atom is -0.302 e. The van der Waals surface area contributed by atoms with E-state index in [9.17, 15) is 4.79 Å². The molecule has 1 amide bonds. The summed E-state index contributed by atoms with van der Waals surface area (Å²) >= 11 is 18.9. The lowest BCUT2D eigenvalue weighted by Gasteiger charge is -2.02. The monoisotopic (exact) mass is 348 g/mol. The molecule has 106 valence electrons. The molecule has 1 aromatic heterocycles. The molecule has 20 heavy (non-hydrogen) atoms. The maximum Gasteiger partial charge on any atom is 0.227 e. The highest BCUT2D eigenvalue weighted by atomic mass is 35.5. The van der Waals surface area contributed by atoms with E-state index >= 15 is 0 Å². The molecule has 1 N–H and O–H groups in total. The fourth-order valence-corrected chi connectivity index (χ4v) is 3.07. The summed E-state index contributed by atoms with van der Waals surface area (Å²) in [6, 6.07) is 5.39. The summed E-state index contributed by atoms with van der Waals surface area (Å²) in [5.74, 6) is 0.162.